The first-order valence-electron chi connectivity index (χ1n) is 7.53. The Hall–Kier alpha value is -2.40. The fourth-order valence-electron chi connectivity index (χ4n) is 2.10. The highest BCUT2D eigenvalue weighted by molar-refractivity contribution is 5.93. The van der Waals surface area contributed by atoms with Gasteiger partial charge in [-0.3, -0.25) is 14.8 Å². The number of aromatic hydroxyl groups is 1. The Kier molecular flexibility index (Phi) is 7.92. The molecule has 0 aliphatic carbocycles. The number of nitrogens with zero attached hydrogens (tertiary/aromatic N) is 2. The summed E-state index contributed by atoms with van der Waals surface area (Å²) < 4.78 is 5.32. The quantitative estimate of drug-likeness (QED) is 0.775. The van der Waals surface area contributed by atoms with E-state index in [1.54, 1.807) is 36.7 Å². The molecule has 1 aromatic carbocycles. The van der Waals surface area contributed by atoms with E-state index < -0.39 is 0 Å². The van der Waals surface area contributed by atoms with Crippen LogP contribution in [-0.2, 0) is 11.2 Å². The summed E-state index contributed by atoms with van der Waals surface area (Å²) in [6.45, 7) is 4.20. The second kappa shape index (κ2) is 9.67. The van der Waals surface area contributed by atoms with Gasteiger partial charge >= 0.3 is 0 Å². The number of hydrogen-bond acceptors (Lipinski definition) is 5. The average Bonchev–Trinajstić information content (AvgIpc) is 2.55. The lowest BCUT2D eigenvalue weighted by Crippen LogP contribution is -2.01. The zero-order valence-electron chi connectivity index (χ0n) is 13.7. The van der Waals surface area contributed by atoms with E-state index in [-0.39, 0.29) is 23.9 Å². The zero-order valence-corrected chi connectivity index (χ0v) is 14.5. The van der Waals surface area contributed by atoms with Crippen molar-refractivity contribution in [1.82, 2.24) is 9.97 Å². The summed E-state index contributed by atoms with van der Waals surface area (Å²) in [4.78, 5) is 20.3. The molecule has 0 aliphatic rings. The number of carbonyl (C=O) groups is 1. The van der Waals surface area contributed by atoms with Gasteiger partial charge in [0.15, 0.2) is 17.3 Å². The van der Waals surface area contributed by atoms with Gasteiger partial charge < -0.3 is 9.84 Å². The van der Waals surface area contributed by atoms with E-state index in [2.05, 4.69) is 9.97 Å². The molecule has 1 N–H and O–H groups in total. The predicted molar refractivity (Wildman–Crippen MR) is 95.7 cm³/mol. The smallest absolute Gasteiger partial charge is 0.161 e. The Morgan fingerprint density at radius 1 is 1.29 bits per heavy atom. The van der Waals surface area contributed by atoms with Gasteiger partial charge in [0.05, 0.1) is 18.0 Å². The van der Waals surface area contributed by atoms with Crippen LogP contribution in [0.2, 0.25) is 0 Å². The normalized spacial score (nSPS) is 10.4. The fourth-order valence-corrected chi connectivity index (χ4v) is 2.10. The van der Waals surface area contributed by atoms with Gasteiger partial charge in [-0.1, -0.05) is 12.1 Å². The van der Waals surface area contributed by atoms with Gasteiger partial charge in [-0.05, 0) is 44.0 Å². The first-order chi connectivity index (χ1) is 11.1. The predicted octanol–water partition coefficient (Wildman–Crippen LogP) is 3.53. The van der Waals surface area contributed by atoms with Crippen molar-refractivity contribution in [3.8, 4) is 11.5 Å². The highest BCUT2D eigenvalue weighted by atomic mass is 35.5. The number of allylic oxidation sites excluding steroid dienone is 1. The maximum absolute atomic E-state index is 12.0. The molecule has 0 fully saturated rings. The van der Waals surface area contributed by atoms with Crippen molar-refractivity contribution >= 4 is 24.3 Å². The third kappa shape index (κ3) is 5.66. The van der Waals surface area contributed by atoms with Gasteiger partial charge in [0.1, 0.15) is 0 Å². The molecule has 1 aromatic heterocycles. The van der Waals surface area contributed by atoms with Crippen molar-refractivity contribution in [3.63, 3.8) is 0 Å². The molecule has 0 saturated carbocycles. The highest BCUT2D eigenvalue weighted by Gasteiger charge is 2.05. The molecule has 1 heterocycles. The number of phenols is 1. The molecule has 0 unspecified atom stereocenters. The molecule has 0 bridgehead atoms. The number of benzene rings is 1. The van der Waals surface area contributed by atoms with Crippen LogP contribution >= 0.6 is 12.4 Å². The molecular weight excluding hydrogens is 328 g/mol. The van der Waals surface area contributed by atoms with Crippen molar-refractivity contribution < 1.29 is 14.6 Å². The number of aromatic nitrogens is 2. The monoisotopic (exact) mass is 348 g/mol. The number of carbonyl (C=O) groups excluding carboxylic acids is 1. The van der Waals surface area contributed by atoms with Crippen LogP contribution in [0, 0.1) is 6.92 Å². The number of halogens is 1. The maximum atomic E-state index is 12.0. The third-order valence-electron chi connectivity index (χ3n) is 3.34. The minimum absolute atomic E-state index is 0. The molecule has 2 rings (SSSR count). The molecule has 0 saturated heterocycles. The molecule has 128 valence electrons. The van der Waals surface area contributed by atoms with Gasteiger partial charge in [0, 0.05) is 18.8 Å². The van der Waals surface area contributed by atoms with Crippen molar-refractivity contribution in [2.75, 3.05) is 6.61 Å². The van der Waals surface area contributed by atoms with Crippen LogP contribution in [0.15, 0.2) is 36.7 Å². The molecule has 0 spiro atoms. The Morgan fingerprint density at radius 2 is 2.04 bits per heavy atom. The van der Waals surface area contributed by atoms with Crippen molar-refractivity contribution in [2.45, 2.75) is 26.7 Å². The van der Waals surface area contributed by atoms with Crippen LogP contribution in [0.5, 0.6) is 11.5 Å². The molecule has 24 heavy (non-hydrogen) atoms. The maximum Gasteiger partial charge on any atom is 0.161 e. The third-order valence-corrected chi connectivity index (χ3v) is 3.34. The number of hydrogen-bond donors (Lipinski definition) is 1. The molecule has 5 nitrogen and oxygen atoms in total. The molecule has 2 aromatic rings. The summed E-state index contributed by atoms with van der Waals surface area (Å²) in [6.07, 6.45) is 7.48. The Balaban J connectivity index is 0.00000288. The van der Waals surface area contributed by atoms with Crippen molar-refractivity contribution in [3.05, 3.63) is 53.6 Å². The van der Waals surface area contributed by atoms with Crippen LogP contribution in [0.25, 0.3) is 6.08 Å². The zero-order chi connectivity index (χ0) is 16.7. The van der Waals surface area contributed by atoms with Gasteiger partial charge in [-0.15, -0.1) is 12.4 Å². The molecule has 0 radical (unpaired) electrons. The fraction of sp³-hybridized carbons (Fsp3) is 0.278. The van der Waals surface area contributed by atoms with E-state index in [9.17, 15) is 9.90 Å². The average molecular weight is 349 g/mol. The van der Waals surface area contributed by atoms with Crippen LogP contribution in [0.1, 0.15) is 30.3 Å². The molecular formula is C18H21ClN2O3. The number of aryl methyl sites for hydroxylation is 2. The minimum atomic E-state index is 0. The van der Waals surface area contributed by atoms with E-state index in [0.717, 1.165) is 17.0 Å². The standard InChI is InChI=1S/C18H20N2O3.ClH/c1-3-23-18-12-14(5-9-17(18)22)4-6-15(21)7-8-16-13(2)19-10-11-20-16;/h4-6,9-12,22H,3,7-8H2,1-2H3;1H. The van der Waals surface area contributed by atoms with Crippen LogP contribution < -0.4 is 4.74 Å². The second-order valence-electron chi connectivity index (χ2n) is 5.05. The highest BCUT2D eigenvalue weighted by Crippen LogP contribution is 2.27. The summed E-state index contributed by atoms with van der Waals surface area (Å²) in [5.41, 5.74) is 2.50. The van der Waals surface area contributed by atoms with E-state index in [1.807, 2.05) is 13.8 Å². The number of ether oxygens (including phenoxy) is 1. The topological polar surface area (TPSA) is 72.3 Å². The van der Waals surface area contributed by atoms with Crippen LogP contribution in [0.3, 0.4) is 0 Å². The summed E-state index contributed by atoms with van der Waals surface area (Å²) >= 11 is 0. The molecule has 0 aliphatic heterocycles. The minimum Gasteiger partial charge on any atom is -0.504 e. The lowest BCUT2D eigenvalue weighted by atomic mass is 10.1. The SMILES string of the molecule is CCOc1cc(C=CC(=O)CCc2nccnc2C)ccc1O.Cl. The van der Waals surface area contributed by atoms with Gasteiger partial charge in [-0.2, -0.15) is 0 Å². The largest absolute Gasteiger partial charge is 0.504 e. The van der Waals surface area contributed by atoms with Crippen LogP contribution in [-0.4, -0.2) is 27.5 Å². The van der Waals surface area contributed by atoms with E-state index >= 15 is 0 Å². The summed E-state index contributed by atoms with van der Waals surface area (Å²) in [7, 11) is 0. The first-order valence-corrected chi connectivity index (χ1v) is 7.53. The first kappa shape index (κ1) is 19.6. The number of ketones is 1. The number of rotatable bonds is 7. The van der Waals surface area contributed by atoms with Crippen molar-refractivity contribution in [2.24, 2.45) is 0 Å². The van der Waals surface area contributed by atoms with Gasteiger partial charge in [0.2, 0.25) is 0 Å². The molecule has 0 atom stereocenters. The Labute approximate surface area is 147 Å². The number of phenolic OH excluding ortho intramolecular Hbond substituents is 1. The van der Waals surface area contributed by atoms with E-state index in [4.69, 9.17) is 4.74 Å². The van der Waals surface area contributed by atoms with Crippen LogP contribution in [0.4, 0.5) is 0 Å². The summed E-state index contributed by atoms with van der Waals surface area (Å²) in [5, 5.41) is 9.65. The van der Waals surface area contributed by atoms with E-state index in [1.165, 1.54) is 6.08 Å². The lowest BCUT2D eigenvalue weighted by molar-refractivity contribution is -0.114. The lowest BCUT2D eigenvalue weighted by Gasteiger charge is -2.06. The molecule has 6 heteroatoms. The second-order valence-corrected chi connectivity index (χ2v) is 5.05. The van der Waals surface area contributed by atoms with E-state index in [0.29, 0.717) is 25.2 Å². The Morgan fingerprint density at radius 3 is 2.75 bits per heavy atom. The van der Waals surface area contributed by atoms with Gasteiger partial charge in [0.25, 0.3) is 0 Å². The Bertz CT molecular complexity index is 717. The summed E-state index contributed by atoms with van der Waals surface area (Å²) in [5.74, 6) is 0.520. The van der Waals surface area contributed by atoms with Crippen molar-refractivity contribution in [1.29, 1.82) is 0 Å². The van der Waals surface area contributed by atoms with Gasteiger partial charge in [-0.25, -0.2) is 0 Å². The molecule has 0 amide bonds. The summed E-state index contributed by atoms with van der Waals surface area (Å²) in [6, 6.07) is 4.99.